The summed E-state index contributed by atoms with van der Waals surface area (Å²) in [4.78, 5) is 48.3. The number of nitrogens with one attached hydrogen (secondary N) is 1. The van der Waals surface area contributed by atoms with Gasteiger partial charge in [0.1, 0.15) is 6.54 Å². The highest BCUT2D eigenvalue weighted by Gasteiger charge is 2.21. The van der Waals surface area contributed by atoms with E-state index in [1.807, 2.05) is 0 Å². The van der Waals surface area contributed by atoms with E-state index in [4.69, 9.17) is 16.3 Å². The van der Waals surface area contributed by atoms with Crippen molar-refractivity contribution in [1.29, 1.82) is 0 Å². The molecule has 0 aliphatic carbocycles. The maximum atomic E-state index is 12.8. The Labute approximate surface area is 197 Å². The zero-order valence-electron chi connectivity index (χ0n) is 17.9. The first-order chi connectivity index (χ1) is 16.3. The maximum Gasteiger partial charge on any atom is 0.326 e. The van der Waals surface area contributed by atoms with Crippen molar-refractivity contribution in [2.45, 2.75) is 19.6 Å². The second kappa shape index (κ2) is 9.32. The number of para-hydroxylation sites is 2. The molecule has 0 spiro atoms. The molecule has 0 radical (unpaired) electrons. The minimum Gasteiger partial charge on any atom is -0.451 e. The van der Waals surface area contributed by atoms with Crippen LogP contribution in [0.15, 0.2) is 71.5 Å². The number of carbonyl (C=O) groups is 2. The fraction of sp³-hybridized carbons (Fsp3) is 0.125. The number of non-ortho nitro benzene ring substituents is 1. The average molecular weight is 480 g/mol. The Morgan fingerprint density at radius 1 is 1.06 bits per heavy atom. The standard InChI is InChI=1S/C24H18ClN3O6/c1-14(24(31)26-19-11-10-15(28(32)33)12-18(19)25)34-22(29)13-27-20-8-4-2-6-16(20)23(30)17-7-3-5-9-21(17)27/h2-12,14H,13H2,1H3,(H,26,31). The number of halogens is 1. The summed E-state index contributed by atoms with van der Waals surface area (Å²) < 4.78 is 6.99. The molecule has 0 bridgehead atoms. The van der Waals surface area contributed by atoms with Gasteiger partial charge in [-0.15, -0.1) is 0 Å². The van der Waals surface area contributed by atoms with Gasteiger partial charge in [-0.05, 0) is 37.3 Å². The van der Waals surface area contributed by atoms with E-state index in [0.29, 0.717) is 21.8 Å². The molecular weight excluding hydrogens is 462 g/mol. The van der Waals surface area contributed by atoms with Gasteiger partial charge in [-0.2, -0.15) is 0 Å². The quantitative estimate of drug-likeness (QED) is 0.191. The Morgan fingerprint density at radius 3 is 2.21 bits per heavy atom. The number of fused-ring (bicyclic) bond motifs is 2. The number of carbonyl (C=O) groups excluding carboxylic acids is 2. The number of hydrogen-bond acceptors (Lipinski definition) is 6. The predicted molar refractivity (Wildman–Crippen MR) is 128 cm³/mol. The molecule has 3 aromatic carbocycles. The van der Waals surface area contributed by atoms with Crippen LogP contribution in [0, 0.1) is 10.1 Å². The molecule has 1 heterocycles. The third-order valence-electron chi connectivity index (χ3n) is 5.26. The fourth-order valence-electron chi connectivity index (χ4n) is 3.62. The molecule has 172 valence electrons. The Bertz CT molecular complexity index is 1450. The smallest absolute Gasteiger partial charge is 0.326 e. The summed E-state index contributed by atoms with van der Waals surface area (Å²) >= 11 is 6.00. The first-order valence-corrected chi connectivity index (χ1v) is 10.6. The first-order valence-electron chi connectivity index (χ1n) is 10.2. The zero-order chi connectivity index (χ0) is 24.4. The summed E-state index contributed by atoms with van der Waals surface area (Å²) in [6.45, 7) is 1.17. The number of esters is 1. The SMILES string of the molecule is CC(OC(=O)Cn1c2ccccc2c(=O)c2ccccc21)C(=O)Nc1ccc([N+](=O)[O-])cc1Cl. The highest BCUT2D eigenvalue weighted by molar-refractivity contribution is 6.34. The first kappa shape index (κ1) is 22.9. The number of nitro benzene ring substituents is 1. The molecule has 4 aromatic rings. The lowest BCUT2D eigenvalue weighted by Crippen LogP contribution is -2.31. The minimum absolute atomic E-state index is 0.0210. The summed E-state index contributed by atoms with van der Waals surface area (Å²) in [5.74, 6) is -1.34. The van der Waals surface area contributed by atoms with Crippen LogP contribution in [0.4, 0.5) is 11.4 Å². The van der Waals surface area contributed by atoms with Crippen LogP contribution < -0.4 is 10.7 Å². The van der Waals surface area contributed by atoms with Gasteiger partial charge in [-0.1, -0.05) is 35.9 Å². The number of pyridine rings is 1. The second-order valence-corrected chi connectivity index (χ2v) is 7.90. The highest BCUT2D eigenvalue weighted by atomic mass is 35.5. The van der Waals surface area contributed by atoms with Gasteiger partial charge < -0.3 is 14.6 Å². The third-order valence-corrected chi connectivity index (χ3v) is 5.58. The Kier molecular flexibility index (Phi) is 6.29. The Hall–Kier alpha value is -4.24. The highest BCUT2D eigenvalue weighted by Crippen LogP contribution is 2.27. The van der Waals surface area contributed by atoms with Gasteiger partial charge in [-0.25, -0.2) is 0 Å². The van der Waals surface area contributed by atoms with E-state index in [1.54, 1.807) is 53.1 Å². The number of amides is 1. The summed E-state index contributed by atoms with van der Waals surface area (Å²) in [5, 5.41) is 14.2. The lowest BCUT2D eigenvalue weighted by atomic mass is 10.1. The van der Waals surface area contributed by atoms with E-state index in [9.17, 15) is 24.5 Å². The summed E-state index contributed by atoms with van der Waals surface area (Å²) in [5.41, 5.74) is 0.931. The number of hydrogen-bond donors (Lipinski definition) is 1. The molecule has 1 unspecified atom stereocenters. The zero-order valence-corrected chi connectivity index (χ0v) is 18.6. The summed E-state index contributed by atoms with van der Waals surface area (Å²) in [6.07, 6.45) is -1.17. The van der Waals surface area contributed by atoms with Gasteiger partial charge in [0.05, 0.1) is 26.7 Å². The number of rotatable bonds is 6. The largest absolute Gasteiger partial charge is 0.451 e. The summed E-state index contributed by atoms with van der Waals surface area (Å²) in [7, 11) is 0. The molecule has 0 aliphatic rings. The van der Waals surface area contributed by atoms with E-state index >= 15 is 0 Å². The van der Waals surface area contributed by atoms with Crippen molar-refractivity contribution >= 4 is 56.7 Å². The molecule has 10 heteroatoms. The molecule has 4 rings (SSSR count). The molecule has 1 atom stereocenters. The number of aromatic nitrogens is 1. The number of benzene rings is 3. The van der Waals surface area contributed by atoms with Crippen LogP contribution in [0.5, 0.6) is 0 Å². The van der Waals surface area contributed by atoms with Gasteiger partial charge in [0.25, 0.3) is 11.6 Å². The van der Waals surface area contributed by atoms with Gasteiger partial charge >= 0.3 is 5.97 Å². The van der Waals surface area contributed by atoms with E-state index in [2.05, 4.69) is 5.32 Å². The number of ether oxygens (including phenoxy) is 1. The van der Waals surface area contributed by atoms with Crippen LogP contribution in [-0.4, -0.2) is 27.5 Å². The Morgan fingerprint density at radius 2 is 1.65 bits per heavy atom. The average Bonchev–Trinajstić information content (AvgIpc) is 2.82. The van der Waals surface area contributed by atoms with Crippen LogP contribution in [0.1, 0.15) is 6.92 Å². The van der Waals surface area contributed by atoms with Gasteiger partial charge in [-0.3, -0.25) is 24.5 Å². The van der Waals surface area contributed by atoms with E-state index in [1.165, 1.54) is 19.1 Å². The fourth-order valence-corrected chi connectivity index (χ4v) is 3.84. The van der Waals surface area contributed by atoms with Crippen LogP contribution in [0.2, 0.25) is 5.02 Å². The van der Waals surface area contributed by atoms with Crippen LogP contribution >= 0.6 is 11.6 Å². The van der Waals surface area contributed by atoms with Crippen LogP contribution in [0.25, 0.3) is 21.8 Å². The van der Waals surface area contributed by atoms with Crippen LogP contribution in [0.3, 0.4) is 0 Å². The van der Waals surface area contributed by atoms with Gasteiger partial charge in [0, 0.05) is 22.9 Å². The molecule has 1 amide bonds. The maximum absolute atomic E-state index is 12.8. The van der Waals surface area contributed by atoms with Crippen molar-refractivity contribution in [3.8, 4) is 0 Å². The van der Waals surface area contributed by atoms with Crippen molar-refractivity contribution in [2.24, 2.45) is 0 Å². The molecule has 9 nitrogen and oxygen atoms in total. The number of nitro groups is 1. The Balaban J connectivity index is 1.54. The van der Waals surface area contributed by atoms with Crippen molar-refractivity contribution in [1.82, 2.24) is 4.57 Å². The molecular formula is C24H18ClN3O6. The van der Waals surface area contributed by atoms with Crippen LogP contribution in [-0.2, 0) is 20.9 Å². The molecule has 34 heavy (non-hydrogen) atoms. The van der Waals surface area contributed by atoms with E-state index in [0.717, 1.165) is 6.07 Å². The van der Waals surface area contributed by atoms with E-state index in [-0.39, 0.29) is 28.4 Å². The predicted octanol–water partition coefficient (Wildman–Crippen LogP) is 4.29. The third kappa shape index (κ3) is 4.46. The topological polar surface area (TPSA) is 121 Å². The molecule has 0 fully saturated rings. The molecule has 0 saturated heterocycles. The monoisotopic (exact) mass is 479 g/mol. The minimum atomic E-state index is -1.17. The van der Waals surface area contributed by atoms with Gasteiger partial charge in [0.2, 0.25) is 0 Å². The number of anilines is 1. The molecule has 0 aliphatic heterocycles. The van der Waals surface area contributed by atoms with Crippen molar-refractivity contribution in [2.75, 3.05) is 5.32 Å². The van der Waals surface area contributed by atoms with Gasteiger partial charge in [0.15, 0.2) is 11.5 Å². The molecule has 1 aromatic heterocycles. The lowest BCUT2D eigenvalue weighted by molar-refractivity contribution is -0.384. The normalized spacial score (nSPS) is 11.8. The molecule has 0 saturated carbocycles. The molecule has 1 N–H and O–H groups in total. The number of nitrogens with zero attached hydrogens (tertiary/aromatic N) is 2. The van der Waals surface area contributed by atoms with E-state index < -0.39 is 22.9 Å². The van der Waals surface area contributed by atoms with Crippen molar-refractivity contribution in [3.63, 3.8) is 0 Å². The second-order valence-electron chi connectivity index (χ2n) is 7.49. The van der Waals surface area contributed by atoms with Crippen molar-refractivity contribution in [3.05, 3.63) is 92.1 Å². The van der Waals surface area contributed by atoms with Crippen molar-refractivity contribution < 1.29 is 19.2 Å². The summed E-state index contributed by atoms with van der Waals surface area (Å²) in [6, 6.07) is 17.5. The lowest BCUT2D eigenvalue weighted by Gasteiger charge is -2.17.